The van der Waals surface area contributed by atoms with Gasteiger partial charge in [-0.15, -0.1) is 0 Å². The molecule has 0 unspecified atom stereocenters. The molecule has 2 amide bonds. The summed E-state index contributed by atoms with van der Waals surface area (Å²) in [5.74, 6) is -1.01. The van der Waals surface area contributed by atoms with Gasteiger partial charge in [0.05, 0.1) is 10.6 Å². The van der Waals surface area contributed by atoms with E-state index in [2.05, 4.69) is 21.2 Å². The monoisotopic (exact) mass is 667 g/mol. The van der Waals surface area contributed by atoms with Gasteiger partial charge in [-0.25, -0.2) is 8.42 Å². The summed E-state index contributed by atoms with van der Waals surface area (Å²) in [4.78, 5) is 28.5. The Labute approximate surface area is 254 Å². The van der Waals surface area contributed by atoms with Crippen molar-refractivity contribution < 1.29 is 18.0 Å². The number of sulfonamides is 1. The fraction of sp³-hybridized carbons (Fsp3) is 0.310. The molecule has 7 nitrogen and oxygen atoms in total. The van der Waals surface area contributed by atoms with Crippen LogP contribution in [-0.2, 0) is 26.2 Å². The molecule has 0 aliphatic rings. The summed E-state index contributed by atoms with van der Waals surface area (Å²) >= 11 is 16.2. The number of amides is 2. The highest BCUT2D eigenvalue weighted by atomic mass is 79.9. The minimum absolute atomic E-state index is 0.0352. The van der Waals surface area contributed by atoms with Crippen LogP contribution in [0.2, 0.25) is 10.0 Å². The molecule has 0 saturated heterocycles. The van der Waals surface area contributed by atoms with Gasteiger partial charge in [0.1, 0.15) is 12.6 Å². The number of anilines is 1. The molecule has 0 heterocycles. The quantitative estimate of drug-likeness (QED) is 0.279. The molecule has 3 rings (SSSR count). The third kappa shape index (κ3) is 8.00. The first-order valence-corrected chi connectivity index (χ1v) is 15.5. The van der Waals surface area contributed by atoms with Crippen LogP contribution < -0.4 is 9.62 Å². The molecule has 0 spiro atoms. The van der Waals surface area contributed by atoms with Crippen molar-refractivity contribution in [1.82, 2.24) is 10.2 Å². The number of nitrogens with zero attached hydrogens (tertiary/aromatic N) is 2. The Kier molecular flexibility index (Phi) is 10.3. The van der Waals surface area contributed by atoms with Gasteiger partial charge in [-0.3, -0.25) is 13.9 Å². The van der Waals surface area contributed by atoms with E-state index in [0.29, 0.717) is 21.3 Å². The van der Waals surface area contributed by atoms with Gasteiger partial charge in [0.15, 0.2) is 0 Å². The van der Waals surface area contributed by atoms with Gasteiger partial charge in [-0.1, -0.05) is 62.9 Å². The van der Waals surface area contributed by atoms with E-state index in [-0.39, 0.29) is 11.4 Å². The average Bonchev–Trinajstić information content (AvgIpc) is 2.86. The summed E-state index contributed by atoms with van der Waals surface area (Å²) in [6, 6.07) is 17.0. The van der Waals surface area contributed by atoms with Crippen LogP contribution in [-0.4, -0.2) is 43.3 Å². The minimum atomic E-state index is -4.16. The second-order valence-corrected chi connectivity index (χ2v) is 14.0. The normalized spacial score (nSPS) is 12.5. The van der Waals surface area contributed by atoms with Crippen molar-refractivity contribution in [2.24, 2.45) is 0 Å². The van der Waals surface area contributed by atoms with Gasteiger partial charge in [0.2, 0.25) is 11.8 Å². The zero-order chi connectivity index (χ0) is 29.8. The molecule has 3 aromatic rings. The first-order valence-electron chi connectivity index (χ1n) is 12.5. The van der Waals surface area contributed by atoms with Gasteiger partial charge < -0.3 is 10.2 Å². The Morgan fingerprint density at radius 2 is 1.50 bits per heavy atom. The highest BCUT2D eigenvalue weighted by Gasteiger charge is 2.34. The van der Waals surface area contributed by atoms with Gasteiger partial charge in [-0.2, -0.15) is 0 Å². The Hall–Kier alpha value is -2.59. The Balaban J connectivity index is 2.07. The van der Waals surface area contributed by atoms with Crippen LogP contribution in [0, 0.1) is 6.92 Å². The van der Waals surface area contributed by atoms with Crippen LogP contribution in [0.1, 0.15) is 38.8 Å². The second-order valence-electron chi connectivity index (χ2n) is 10.4. The lowest BCUT2D eigenvalue weighted by Crippen LogP contribution is -2.54. The largest absolute Gasteiger partial charge is 0.350 e. The van der Waals surface area contributed by atoms with Crippen LogP contribution in [0.4, 0.5) is 5.69 Å². The molecule has 3 aromatic carbocycles. The second kappa shape index (κ2) is 12.9. The summed E-state index contributed by atoms with van der Waals surface area (Å²) in [5.41, 5.74) is 1.08. The molecule has 0 saturated carbocycles. The Morgan fingerprint density at radius 3 is 2.02 bits per heavy atom. The fourth-order valence-corrected chi connectivity index (χ4v) is 6.08. The van der Waals surface area contributed by atoms with E-state index in [1.54, 1.807) is 61.5 Å². The topological polar surface area (TPSA) is 86.8 Å². The van der Waals surface area contributed by atoms with Crippen LogP contribution >= 0.6 is 39.1 Å². The van der Waals surface area contributed by atoms with Gasteiger partial charge in [0, 0.05) is 32.2 Å². The van der Waals surface area contributed by atoms with Crippen LogP contribution in [0.5, 0.6) is 0 Å². The van der Waals surface area contributed by atoms with Gasteiger partial charge >= 0.3 is 0 Å². The summed E-state index contributed by atoms with van der Waals surface area (Å²) < 4.78 is 29.5. The number of hydrogen-bond acceptors (Lipinski definition) is 4. The summed E-state index contributed by atoms with van der Waals surface area (Å²) in [6.07, 6.45) is 0. The van der Waals surface area contributed by atoms with Crippen molar-refractivity contribution in [2.45, 2.75) is 57.6 Å². The molecule has 1 N–H and O–H groups in total. The molecular formula is C29H32BrCl2N3O4S. The molecule has 0 radical (unpaired) electrons. The predicted octanol–water partition coefficient (Wildman–Crippen LogP) is 6.59. The molecule has 214 valence electrons. The van der Waals surface area contributed by atoms with Gasteiger partial charge in [0.25, 0.3) is 10.0 Å². The molecular weight excluding hydrogens is 637 g/mol. The SMILES string of the molecule is Cc1ccc(S(=O)(=O)N(CC(=O)N(Cc2c(Cl)cccc2Cl)[C@@H](C)C(=O)NC(C)(C)C)c2ccc(Br)cc2)cc1. The molecule has 40 heavy (non-hydrogen) atoms. The number of aryl methyl sites for hydroxylation is 1. The third-order valence-corrected chi connectivity index (χ3v) is 9.08. The zero-order valence-corrected chi connectivity index (χ0v) is 26.8. The Bertz CT molecular complexity index is 1450. The number of carbonyl (C=O) groups excluding carboxylic acids is 2. The average molecular weight is 669 g/mol. The standard InChI is InChI=1S/C29H32BrCl2N3O4S/c1-19-9-15-23(16-10-19)40(38,39)35(22-13-11-21(30)12-14-22)18-27(36)34(20(2)28(37)33-29(3,4)5)17-24-25(31)7-6-8-26(24)32/h6-16,20H,17-18H2,1-5H3,(H,33,37)/t20-/m0/s1. The smallest absolute Gasteiger partial charge is 0.264 e. The maximum Gasteiger partial charge on any atom is 0.264 e. The van der Waals surface area contributed by atoms with Crippen LogP contribution in [0.25, 0.3) is 0 Å². The number of nitrogens with one attached hydrogen (secondary N) is 1. The van der Waals surface area contributed by atoms with Crippen molar-refractivity contribution in [3.63, 3.8) is 0 Å². The summed E-state index contributed by atoms with van der Waals surface area (Å²) in [6.45, 7) is 8.27. The highest BCUT2D eigenvalue weighted by molar-refractivity contribution is 9.10. The molecule has 1 atom stereocenters. The van der Waals surface area contributed by atoms with E-state index < -0.39 is 40.0 Å². The van der Waals surface area contributed by atoms with E-state index in [0.717, 1.165) is 14.3 Å². The summed E-state index contributed by atoms with van der Waals surface area (Å²) in [7, 11) is -4.16. The predicted molar refractivity (Wildman–Crippen MR) is 164 cm³/mol. The van der Waals surface area contributed by atoms with Crippen molar-refractivity contribution in [2.75, 3.05) is 10.8 Å². The van der Waals surface area contributed by atoms with Crippen molar-refractivity contribution in [1.29, 1.82) is 0 Å². The maximum absolute atomic E-state index is 14.0. The van der Waals surface area contributed by atoms with Crippen molar-refractivity contribution >= 4 is 66.7 Å². The van der Waals surface area contributed by atoms with E-state index in [4.69, 9.17) is 23.2 Å². The van der Waals surface area contributed by atoms with E-state index >= 15 is 0 Å². The third-order valence-electron chi connectivity index (χ3n) is 6.06. The first kappa shape index (κ1) is 31.9. The first-order chi connectivity index (χ1) is 18.6. The lowest BCUT2D eigenvalue weighted by molar-refractivity contribution is -0.140. The Morgan fingerprint density at radius 1 is 0.950 bits per heavy atom. The number of benzene rings is 3. The fourth-order valence-electron chi connectivity index (χ4n) is 3.88. The van der Waals surface area contributed by atoms with Crippen LogP contribution in [0.3, 0.4) is 0 Å². The highest BCUT2D eigenvalue weighted by Crippen LogP contribution is 2.29. The molecule has 0 aromatic heterocycles. The van der Waals surface area contributed by atoms with Crippen molar-refractivity contribution in [3.8, 4) is 0 Å². The number of carbonyl (C=O) groups is 2. The number of halogens is 3. The minimum Gasteiger partial charge on any atom is -0.350 e. The zero-order valence-electron chi connectivity index (χ0n) is 22.9. The number of hydrogen-bond donors (Lipinski definition) is 1. The van der Waals surface area contributed by atoms with E-state index in [1.807, 2.05) is 27.7 Å². The van der Waals surface area contributed by atoms with E-state index in [1.165, 1.54) is 17.0 Å². The molecule has 0 bridgehead atoms. The van der Waals surface area contributed by atoms with Gasteiger partial charge in [-0.05, 0) is 83.1 Å². The van der Waals surface area contributed by atoms with E-state index in [9.17, 15) is 18.0 Å². The van der Waals surface area contributed by atoms with Crippen LogP contribution in [0.15, 0.2) is 76.1 Å². The maximum atomic E-state index is 14.0. The molecule has 0 aliphatic heterocycles. The number of rotatable bonds is 9. The molecule has 0 fully saturated rings. The lowest BCUT2D eigenvalue weighted by Gasteiger charge is -2.33. The molecule has 11 heteroatoms. The van der Waals surface area contributed by atoms with Crippen molar-refractivity contribution in [3.05, 3.63) is 92.4 Å². The lowest BCUT2D eigenvalue weighted by atomic mass is 10.1. The summed E-state index contributed by atoms with van der Waals surface area (Å²) in [5, 5.41) is 3.54. The molecule has 0 aliphatic carbocycles.